The molecule has 7 nitrogen and oxygen atoms in total. The van der Waals surface area contributed by atoms with Gasteiger partial charge in [-0.3, -0.25) is 0 Å². The van der Waals surface area contributed by atoms with Crippen LogP contribution in [-0.2, 0) is 14.8 Å². The largest absolute Gasteiger partial charge is 0.444 e. The van der Waals surface area contributed by atoms with Gasteiger partial charge in [-0.1, -0.05) is 11.6 Å². The summed E-state index contributed by atoms with van der Waals surface area (Å²) < 4.78 is 45.0. The van der Waals surface area contributed by atoms with Gasteiger partial charge in [-0.15, -0.1) is 0 Å². The van der Waals surface area contributed by atoms with E-state index in [0.717, 1.165) is 12.1 Å². The van der Waals surface area contributed by atoms with Crippen LogP contribution in [0.25, 0.3) is 0 Å². The molecule has 0 aliphatic rings. The van der Waals surface area contributed by atoms with E-state index in [4.69, 9.17) is 22.1 Å². The molecule has 1 aromatic rings. The van der Waals surface area contributed by atoms with Crippen molar-refractivity contribution in [1.82, 2.24) is 10.0 Å². The number of sulfonamides is 1. The number of halogens is 2. The van der Waals surface area contributed by atoms with Crippen molar-refractivity contribution in [2.45, 2.75) is 31.3 Å². The number of anilines is 1. The lowest BCUT2D eigenvalue weighted by molar-refractivity contribution is 0.0529. The van der Waals surface area contributed by atoms with Crippen molar-refractivity contribution in [2.24, 2.45) is 0 Å². The van der Waals surface area contributed by atoms with Crippen molar-refractivity contribution in [3.63, 3.8) is 0 Å². The second-order valence-corrected chi connectivity index (χ2v) is 7.81. The molecule has 1 rings (SSSR count). The first-order valence-corrected chi connectivity index (χ1v) is 8.49. The van der Waals surface area contributed by atoms with Gasteiger partial charge >= 0.3 is 6.09 Å². The third-order valence-electron chi connectivity index (χ3n) is 2.41. The van der Waals surface area contributed by atoms with E-state index in [2.05, 4.69) is 10.0 Å². The molecule has 0 heterocycles. The third kappa shape index (κ3) is 6.20. The quantitative estimate of drug-likeness (QED) is 0.543. The standard InChI is InChI=1S/C13H19ClFN3O4S/c1-13(2,3)22-12(19)17-4-5-18-23(20,21)10-7-8(14)6-9(16)11(10)15/h6-7,18H,4-5,16H2,1-3H3,(H,17,19). The zero-order valence-corrected chi connectivity index (χ0v) is 14.5. The van der Waals surface area contributed by atoms with Crippen LogP contribution in [0.4, 0.5) is 14.9 Å². The summed E-state index contributed by atoms with van der Waals surface area (Å²) >= 11 is 5.68. The minimum Gasteiger partial charge on any atom is -0.444 e. The molecule has 0 atom stereocenters. The maximum atomic E-state index is 13.8. The molecule has 0 radical (unpaired) electrons. The van der Waals surface area contributed by atoms with Gasteiger partial charge in [-0.25, -0.2) is 22.3 Å². The lowest BCUT2D eigenvalue weighted by Gasteiger charge is -2.19. The average Bonchev–Trinajstić information content (AvgIpc) is 2.37. The Morgan fingerprint density at radius 2 is 1.96 bits per heavy atom. The first-order valence-electron chi connectivity index (χ1n) is 6.63. The summed E-state index contributed by atoms with van der Waals surface area (Å²) in [6.45, 7) is 4.89. The predicted molar refractivity (Wildman–Crippen MR) is 85.2 cm³/mol. The molecule has 0 fully saturated rings. The number of nitrogens with two attached hydrogens (primary N) is 1. The maximum absolute atomic E-state index is 13.8. The number of rotatable bonds is 5. The van der Waals surface area contributed by atoms with Gasteiger partial charge < -0.3 is 15.8 Å². The number of alkyl carbamates (subject to hydrolysis) is 1. The minimum absolute atomic E-state index is 0.00356. The van der Waals surface area contributed by atoms with Gasteiger partial charge in [-0.2, -0.15) is 0 Å². The molecular formula is C13H19ClFN3O4S. The Hall–Kier alpha value is -1.58. The molecule has 1 aromatic carbocycles. The summed E-state index contributed by atoms with van der Waals surface area (Å²) in [7, 11) is -4.15. The lowest BCUT2D eigenvalue weighted by atomic mass is 10.2. The molecule has 0 aromatic heterocycles. The lowest BCUT2D eigenvalue weighted by Crippen LogP contribution is -2.38. The average molecular weight is 368 g/mol. The van der Waals surface area contributed by atoms with E-state index in [1.807, 2.05) is 0 Å². The van der Waals surface area contributed by atoms with Crippen LogP contribution in [0.3, 0.4) is 0 Å². The third-order valence-corrected chi connectivity index (χ3v) is 4.09. The Kier molecular flexibility index (Phi) is 6.20. The first kappa shape index (κ1) is 19.5. The first-order chi connectivity index (χ1) is 10.4. The highest BCUT2D eigenvalue weighted by Crippen LogP contribution is 2.24. The van der Waals surface area contributed by atoms with Crippen molar-refractivity contribution in [2.75, 3.05) is 18.8 Å². The zero-order chi connectivity index (χ0) is 17.8. The predicted octanol–water partition coefficient (Wildman–Crippen LogP) is 1.86. The highest BCUT2D eigenvalue weighted by Gasteiger charge is 2.22. The molecule has 0 aliphatic heterocycles. The second-order valence-electron chi connectivity index (χ2n) is 5.63. The fourth-order valence-electron chi connectivity index (χ4n) is 1.52. The monoisotopic (exact) mass is 367 g/mol. The number of hydrogen-bond acceptors (Lipinski definition) is 5. The molecule has 130 valence electrons. The van der Waals surface area contributed by atoms with E-state index in [-0.39, 0.29) is 23.8 Å². The Morgan fingerprint density at radius 3 is 2.52 bits per heavy atom. The number of hydrogen-bond donors (Lipinski definition) is 3. The fourth-order valence-corrected chi connectivity index (χ4v) is 2.98. The number of carbonyl (C=O) groups excluding carboxylic acids is 1. The van der Waals surface area contributed by atoms with Crippen LogP contribution in [0, 0.1) is 5.82 Å². The Balaban J connectivity index is 2.63. The van der Waals surface area contributed by atoms with E-state index in [1.165, 1.54) is 0 Å². The maximum Gasteiger partial charge on any atom is 0.407 e. The van der Waals surface area contributed by atoms with Crippen LogP contribution in [0.15, 0.2) is 17.0 Å². The summed E-state index contributed by atoms with van der Waals surface area (Å²) in [5.41, 5.74) is 4.31. The molecule has 0 saturated heterocycles. The summed E-state index contributed by atoms with van der Waals surface area (Å²) in [6.07, 6.45) is -0.685. The summed E-state index contributed by atoms with van der Waals surface area (Å²) in [6, 6.07) is 2.07. The van der Waals surface area contributed by atoms with Crippen LogP contribution in [0.1, 0.15) is 20.8 Å². The topological polar surface area (TPSA) is 111 Å². The molecule has 0 bridgehead atoms. The summed E-state index contributed by atoms with van der Waals surface area (Å²) in [4.78, 5) is 10.7. The van der Waals surface area contributed by atoms with E-state index in [9.17, 15) is 17.6 Å². The fraction of sp³-hybridized carbons (Fsp3) is 0.462. The number of benzene rings is 1. The molecule has 1 amide bonds. The van der Waals surface area contributed by atoms with E-state index in [0.29, 0.717) is 0 Å². The molecule has 0 aliphatic carbocycles. The number of carbonyl (C=O) groups is 1. The van der Waals surface area contributed by atoms with E-state index < -0.39 is 32.4 Å². The van der Waals surface area contributed by atoms with Gasteiger partial charge in [0.05, 0.1) is 5.69 Å². The summed E-state index contributed by atoms with van der Waals surface area (Å²) in [5.74, 6) is -1.08. The SMILES string of the molecule is CC(C)(C)OC(=O)NCCNS(=O)(=O)c1cc(Cl)cc(N)c1F. The van der Waals surface area contributed by atoms with E-state index >= 15 is 0 Å². The molecular weight excluding hydrogens is 349 g/mol. The molecule has 0 spiro atoms. The van der Waals surface area contributed by atoms with Gasteiger partial charge in [0.1, 0.15) is 10.5 Å². The molecule has 0 unspecified atom stereocenters. The summed E-state index contributed by atoms with van der Waals surface area (Å²) in [5, 5.41) is 2.36. The number of nitrogens with one attached hydrogen (secondary N) is 2. The van der Waals surface area contributed by atoms with Crippen molar-refractivity contribution >= 4 is 33.4 Å². The van der Waals surface area contributed by atoms with Crippen LogP contribution in [-0.4, -0.2) is 33.2 Å². The number of amides is 1. The van der Waals surface area contributed by atoms with Crippen molar-refractivity contribution < 1.29 is 22.3 Å². The van der Waals surface area contributed by atoms with Gasteiger partial charge in [0.15, 0.2) is 5.82 Å². The van der Waals surface area contributed by atoms with Crippen molar-refractivity contribution in [3.8, 4) is 0 Å². The highest BCUT2D eigenvalue weighted by molar-refractivity contribution is 7.89. The smallest absolute Gasteiger partial charge is 0.407 e. The van der Waals surface area contributed by atoms with E-state index in [1.54, 1.807) is 20.8 Å². The Bertz CT molecular complexity index is 689. The van der Waals surface area contributed by atoms with Crippen LogP contribution in [0.5, 0.6) is 0 Å². The van der Waals surface area contributed by atoms with Crippen LogP contribution >= 0.6 is 11.6 Å². The zero-order valence-electron chi connectivity index (χ0n) is 12.9. The van der Waals surface area contributed by atoms with Crippen molar-refractivity contribution in [1.29, 1.82) is 0 Å². The van der Waals surface area contributed by atoms with Gasteiger partial charge in [-0.05, 0) is 32.9 Å². The number of nitrogen functional groups attached to an aromatic ring is 1. The minimum atomic E-state index is -4.15. The highest BCUT2D eigenvalue weighted by atomic mass is 35.5. The van der Waals surface area contributed by atoms with Crippen LogP contribution in [0.2, 0.25) is 5.02 Å². The number of ether oxygens (including phenoxy) is 1. The van der Waals surface area contributed by atoms with Gasteiger partial charge in [0.2, 0.25) is 10.0 Å². The van der Waals surface area contributed by atoms with Gasteiger partial charge in [0, 0.05) is 18.1 Å². The molecule has 0 saturated carbocycles. The molecule has 10 heteroatoms. The molecule has 23 heavy (non-hydrogen) atoms. The van der Waals surface area contributed by atoms with Crippen LogP contribution < -0.4 is 15.8 Å². The Labute approximate surface area is 139 Å². The second kappa shape index (κ2) is 7.33. The molecule has 4 N–H and O–H groups in total. The van der Waals surface area contributed by atoms with Crippen molar-refractivity contribution in [3.05, 3.63) is 23.0 Å². The van der Waals surface area contributed by atoms with Gasteiger partial charge in [0.25, 0.3) is 0 Å². The Morgan fingerprint density at radius 1 is 1.35 bits per heavy atom. The normalized spacial score (nSPS) is 12.0.